The number of methoxy groups -OCH3 is 1. The van der Waals surface area contributed by atoms with E-state index in [1.165, 1.54) is 24.8 Å². The summed E-state index contributed by atoms with van der Waals surface area (Å²) in [6.45, 7) is 0.758. The van der Waals surface area contributed by atoms with Crippen LogP contribution in [0, 0.1) is 5.92 Å². The summed E-state index contributed by atoms with van der Waals surface area (Å²) in [5.41, 5.74) is 0. The van der Waals surface area contributed by atoms with E-state index >= 15 is 0 Å². The first kappa shape index (κ1) is 12.6. The first-order valence-electron chi connectivity index (χ1n) is 6.15. The van der Waals surface area contributed by atoms with Crippen molar-refractivity contribution in [1.29, 1.82) is 0 Å². The Balaban J connectivity index is 1.92. The summed E-state index contributed by atoms with van der Waals surface area (Å²) in [6.07, 6.45) is 4.74. The molecule has 0 amide bonds. The molecular weight excluding hydrogens is 234 g/mol. The van der Waals surface area contributed by atoms with Gasteiger partial charge in [0.05, 0.1) is 7.11 Å². The number of hydrogen-bond acceptors (Lipinski definition) is 4. The zero-order valence-corrected chi connectivity index (χ0v) is 11.0. The van der Waals surface area contributed by atoms with E-state index in [0.29, 0.717) is 5.92 Å². The van der Waals surface area contributed by atoms with Crippen molar-refractivity contribution >= 4 is 17.3 Å². The van der Waals surface area contributed by atoms with Crippen molar-refractivity contribution in [1.82, 2.24) is 5.32 Å². The van der Waals surface area contributed by atoms with Gasteiger partial charge in [-0.05, 0) is 30.2 Å². The summed E-state index contributed by atoms with van der Waals surface area (Å²) in [7, 11) is 1.47. The van der Waals surface area contributed by atoms with Gasteiger partial charge in [0.2, 0.25) is 0 Å². The van der Waals surface area contributed by atoms with Crippen molar-refractivity contribution < 1.29 is 9.53 Å². The molecule has 1 atom stereocenters. The Bertz CT molecular complexity index is 344. The molecule has 1 aliphatic rings. The SMILES string of the molecule is COC(=O)C(NCc1cccs1)C1CCCC1. The molecular formula is C13H19NO2S. The molecule has 0 spiro atoms. The number of hydrogen-bond donors (Lipinski definition) is 1. The summed E-state index contributed by atoms with van der Waals surface area (Å²) in [6, 6.07) is 3.98. The number of ether oxygens (including phenoxy) is 1. The maximum atomic E-state index is 11.8. The number of carbonyl (C=O) groups excluding carboxylic acids is 1. The van der Waals surface area contributed by atoms with Crippen LogP contribution < -0.4 is 5.32 Å². The van der Waals surface area contributed by atoms with Crippen LogP contribution in [0.4, 0.5) is 0 Å². The first-order valence-corrected chi connectivity index (χ1v) is 7.03. The quantitative estimate of drug-likeness (QED) is 0.820. The van der Waals surface area contributed by atoms with Crippen LogP contribution in [0.1, 0.15) is 30.6 Å². The van der Waals surface area contributed by atoms with E-state index in [0.717, 1.165) is 19.4 Å². The van der Waals surface area contributed by atoms with Gasteiger partial charge in [0, 0.05) is 11.4 Å². The van der Waals surface area contributed by atoms with Crippen molar-refractivity contribution in [3.05, 3.63) is 22.4 Å². The molecule has 0 aromatic carbocycles. The van der Waals surface area contributed by atoms with Crippen LogP contribution in [0.2, 0.25) is 0 Å². The van der Waals surface area contributed by atoms with E-state index in [4.69, 9.17) is 4.74 Å². The van der Waals surface area contributed by atoms with Gasteiger partial charge >= 0.3 is 5.97 Å². The van der Waals surface area contributed by atoms with Gasteiger partial charge in [0.15, 0.2) is 0 Å². The molecule has 0 radical (unpaired) electrons. The van der Waals surface area contributed by atoms with Gasteiger partial charge in [-0.1, -0.05) is 18.9 Å². The Morgan fingerprint density at radius 3 is 2.94 bits per heavy atom. The van der Waals surface area contributed by atoms with Gasteiger partial charge in [-0.15, -0.1) is 11.3 Å². The Labute approximate surface area is 106 Å². The lowest BCUT2D eigenvalue weighted by Gasteiger charge is -2.21. The lowest BCUT2D eigenvalue weighted by molar-refractivity contribution is -0.144. The molecule has 1 fully saturated rings. The maximum absolute atomic E-state index is 11.8. The molecule has 17 heavy (non-hydrogen) atoms. The summed E-state index contributed by atoms with van der Waals surface area (Å²) < 4.78 is 4.90. The molecule has 4 heteroatoms. The monoisotopic (exact) mass is 253 g/mol. The third kappa shape index (κ3) is 3.30. The molecule has 0 aliphatic heterocycles. The Morgan fingerprint density at radius 1 is 1.59 bits per heavy atom. The number of nitrogens with one attached hydrogen (secondary N) is 1. The molecule has 2 rings (SSSR count). The highest BCUT2D eigenvalue weighted by Gasteiger charge is 2.30. The van der Waals surface area contributed by atoms with Gasteiger partial charge in [-0.3, -0.25) is 10.1 Å². The highest BCUT2D eigenvalue weighted by Crippen LogP contribution is 2.28. The average Bonchev–Trinajstić information content (AvgIpc) is 3.01. The van der Waals surface area contributed by atoms with Crippen molar-refractivity contribution in [3.8, 4) is 0 Å². The normalized spacial score (nSPS) is 18.2. The zero-order valence-electron chi connectivity index (χ0n) is 10.1. The average molecular weight is 253 g/mol. The van der Waals surface area contributed by atoms with E-state index < -0.39 is 0 Å². The van der Waals surface area contributed by atoms with E-state index in [1.807, 2.05) is 6.07 Å². The maximum Gasteiger partial charge on any atom is 0.323 e. The largest absolute Gasteiger partial charge is 0.468 e. The van der Waals surface area contributed by atoms with Crippen LogP contribution in [-0.2, 0) is 16.1 Å². The molecule has 0 saturated heterocycles. The number of rotatable bonds is 5. The molecule has 1 unspecified atom stereocenters. The molecule has 1 N–H and O–H groups in total. The highest BCUT2D eigenvalue weighted by atomic mass is 32.1. The first-order chi connectivity index (χ1) is 8.31. The Morgan fingerprint density at radius 2 is 2.35 bits per heavy atom. The smallest absolute Gasteiger partial charge is 0.323 e. The fourth-order valence-electron chi connectivity index (χ4n) is 2.48. The van der Waals surface area contributed by atoms with E-state index in [1.54, 1.807) is 11.3 Å². The van der Waals surface area contributed by atoms with Crippen LogP contribution in [0.3, 0.4) is 0 Å². The topological polar surface area (TPSA) is 38.3 Å². The highest BCUT2D eigenvalue weighted by molar-refractivity contribution is 7.09. The minimum absolute atomic E-state index is 0.117. The van der Waals surface area contributed by atoms with Gasteiger partial charge < -0.3 is 4.74 Å². The second-order valence-electron chi connectivity index (χ2n) is 4.51. The van der Waals surface area contributed by atoms with Crippen LogP contribution >= 0.6 is 11.3 Å². The molecule has 1 saturated carbocycles. The minimum Gasteiger partial charge on any atom is -0.468 e. The summed E-state index contributed by atoms with van der Waals surface area (Å²) in [5, 5.41) is 5.41. The lowest BCUT2D eigenvalue weighted by atomic mass is 9.98. The molecule has 1 aromatic heterocycles. The van der Waals surface area contributed by atoms with Gasteiger partial charge in [-0.25, -0.2) is 0 Å². The van der Waals surface area contributed by atoms with Crippen LogP contribution in [0.5, 0.6) is 0 Å². The van der Waals surface area contributed by atoms with E-state index in [2.05, 4.69) is 16.8 Å². The number of esters is 1. The van der Waals surface area contributed by atoms with Crippen LogP contribution in [-0.4, -0.2) is 19.1 Å². The summed E-state index contributed by atoms with van der Waals surface area (Å²) in [5.74, 6) is 0.330. The predicted octanol–water partition coefficient (Wildman–Crippen LogP) is 2.57. The molecule has 0 bridgehead atoms. The second-order valence-corrected chi connectivity index (χ2v) is 5.54. The number of thiophene rings is 1. The van der Waals surface area contributed by atoms with Crippen molar-refractivity contribution in [3.63, 3.8) is 0 Å². The predicted molar refractivity (Wildman–Crippen MR) is 68.9 cm³/mol. The van der Waals surface area contributed by atoms with Crippen molar-refractivity contribution in [2.24, 2.45) is 5.92 Å². The van der Waals surface area contributed by atoms with E-state index in [9.17, 15) is 4.79 Å². The minimum atomic E-state index is -0.135. The standard InChI is InChI=1S/C13H19NO2S/c1-16-13(15)12(10-5-2-3-6-10)14-9-11-7-4-8-17-11/h4,7-8,10,12,14H,2-3,5-6,9H2,1H3. The molecule has 3 nitrogen and oxygen atoms in total. The lowest BCUT2D eigenvalue weighted by Crippen LogP contribution is -2.42. The van der Waals surface area contributed by atoms with Gasteiger partial charge in [-0.2, -0.15) is 0 Å². The summed E-state index contributed by atoms with van der Waals surface area (Å²) in [4.78, 5) is 13.0. The third-order valence-corrected chi connectivity index (χ3v) is 4.28. The van der Waals surface area contributed by atoms with Crippen molar-refractivity contribution in [2.75, 3.05) is 7.11 Å². The van der Waals surface area contributed by atoms with Gasteiger partial charge in [0.25, 0.3) is 0 Å². The summed E-state index contributed by atoms with van der Waals surface area (Å²) >= 11 is 1.71. The molecule has 1 aromatic rings. The molecule has 94 valence electrons. The fraction of sp³-hybridized carbons (Fsp3) is 0.615. The zero-order chi connectivity index (χ0) is 12.1. The Kier molecular flexibility index (Phi) is 4.57. The van der Waals surface area contributed by atoms with Crippen LogP contribution in [0.25, 0.3) is 0 Å². The molecule has 1 aliphatic carbocycles. The second kappa shape index (κ2) is 6.17. The van der Waals surface area contributed by atoms with E-state index in [-0.39, 0.29) is 12.0 Å². The third-order valence-electron chi connectivity index (χ3n) is 3.40. The Hall–Kier alpha value is -0.870. The van der Waals surface area contributed by atoms with Crippen LogP contribution in [0.15, 0.2) is 17.5 Å². The molecule has 1 heterocycles. The van der Waals surface area contributed by atoms with Crippen molar-refractivity contribution in [2.45, 2.75) is 38.3 Å². The number of carbonyl (C=O) groups is 1. The van der Waals surface area contributed by atoms with Gasteiger partial charge in [0.1, 0.15) is 6.04 Å². The fourth-order valence-corrected chi connectivity index (χ4v) is 3.14.